The van der Waals surface area contributed by atoms with E-state index in [-0.39, 0.29) is 6.61 Å². The number of halogens is 1. The average molecular weight is 284 g/mol. The molecule has 2 saturated heterocycles. The lowest BCUT2D eigenvalue weighted by Gasteiger charge is -2.45. The van der Waals surface area contributed by atoms with Crippen LogP contribution >= 0.6 is 0 Å². The first-order valence-corrected chi connectivity index (χ1v) is 6.53. The predicted molar refractivity (Wildman–Crippen MR) is 66.6 cm³/mol. The van der Waals surface area contributed by atoms with Gasteiger partial charge in [0.05, 0.1) is 6.61 Å². The molecule has 20 heavy (non-hydrogen) atoms. The molecule has 3 rings (SSSR count). The first-order chi connectivity index (χ1) is 9.70. The van der Waals surface area contributed by atoms with E-state index in [2.05, 4.69) is 0 Å². The second-order valence-electron chi connectivity index (χ2n) is 4.89. The van der Waals surface area contributed by atoms with Gasteiger partial charge in [0.1, 0.15) is 18.3 Å². The zero-order valence-electron chi connectivity index (χ0n) is 11.0. The molecule has 110 valence electrons. The maximum absolute atomic E-state index is 13.9. The van der Waals surface area contributed by atoms with Crippen molar-refractivity contribution in [2.75, 3.05) is 13.7 Å². The van der Waals surface area contributed by atoms with Gasteiger partial charge in [0.15, 0.2) is 18.8 Å². The van der Waals surface area contributed by atoms with Gasteiger partial charge >= 0.3 is 0 Å². The summed E-state index contributed by atoms with van der Waals surface area (Å²) in [5.74, 6) is 0. The van der Waals surface area contributed by atoms with E-state index in [1.807, 2.05) is 30.3 Å². The highest BCUT2D eigenvalue weighted by atomic mass is 19.1. The van der Waals surface area contributed by atoms with Crippen LogP contribution in [-0.2, 0) is 18.9 Å². The van der Waals surface area contributed by atoms with E-state index < -0.39 is 37.1 Å². The third-order valence-electron chi connectivity index (χ3n) is 3.59. The standard InChI is InChI=1S/C14H17FO5/c1-17-14-10(15)11(16)12-9(19-14)7-18-13(20-12)8-5-3-2-4-6-8/h2-6,9-14,16H,7H2,1H3/t9-,10-,11-,12-,13?,14-/m1/s1. The van der Waals surface area contributed by atoms with Crippen molar-refractivity contribution in [2.24, 2.45) is 0 Å². The lowest BCUT2D eigenvalue weighted by atomic mass is 9.99. The van der Waals surface area contributed by atoms with Crippen LogP contribution in [0, 0.1) is 0 Å². The van der Waals surface area contributed by atoms with E-state index in [1.165, 1.54) is 7.11 Å². The molecule has 2 aliphatic rings. The molecule has 0 saturated carbocycles. The van der Waals surface area contributed by atoms with E-state index in [1.54, 1.807) is 0 Å². The van der Waals surface area contributed by atoms with Crippen LogP contribution in [0.4, 0.5) is 4.39 Å². The molecule has 0 aliphatic carbocycles. The molecule has 0 amide bonds. The Labute approximate surface area is 116 Å². The Kier molecular flexibility index (Phi) is 4.00. The number of hydrogen-bond acceptors (Lipinski definition) is 5. The van der Waals surface area contributed by atoms with Gasteiger partial charge in [-0.2, -0.15) is 0 Å². The number of aliphatic hydroxyl groups excluding tert-OH is 1. The molecular weight excluding hydrogens is 267 g/mol. The number of hydrogen-bond donors (Lipinski definition) is 1. The van der Waals surface area contributed by atoms with Gasteiger partial charge in [-0.1, -0.05) is 30.3 Å². The number of aliphatic hydroxyl groups is 1. The molecule has 6 atom stereocenters. The lowest BCUT2D eigenvalue weighted by molar-refractivity contribution is -0.350. The van der Waals surface area contributed by atoms with Crippen molar-refractivity contribution in [1.82, 2.24) is 0 Å². The van der Waals surface area contributed by atoms with Crippen LogP contribution in [0.15, 0.2) is 30.3 Å². The minimum Gasteiger partial charge on any atom is -0.387 e. The molecule has 2 aliphatic heterocycles. The topological polar surface area (TPSA) is 57.2 Å². The molecule has 1 aromatic rings. The minimum absolute atomic E-state index is 0.216. The third-order valence-corrected chi connectivity index (χ3v) is 3.59. The maximum atomic E-state index is 13.9. The molecule has 1 unspecified atom stereocenters. The molecular formula is C14H17FO5. The summed E-state index contributed by atoms with van der Waals surface area (Å²) in [7, 11) is 1.33. The predicted octanol–water partition coefficient (Wildman–Crippen LogP) is 1.17. The largest absolute Gasteiger partial charge is 0.387 e. The van der Waals surface area contributed by atoms with Crippen LogP contribution in [0.5, 0.6) is 0 Å². The first kappa shape index (κ1) is 13.9. The number of methoxy groups -OCH3 is 1. The van der Waals surface area contributed by atoms with Crippen LogP contribution in [0.25, 0.3) is 0 Å². The molecule has 1 aromatic carbocycles. The second-order valence-corrected chi connectivity index (χ2v) is 4.89. The summed E-state index contributed by atoms with van der Waals surface area (Å²) in [4.78, 5) is 0. The van der Waals surface area contributed by atoms with Crippen LogP contribution in [0.2, 0.25) is 0 Å². The Bertz CT molecular complexity index is 440. The molecule has 6 heteroatoms. The lowest BCUT2D eigenvalue weighted by Crippen LogP contribution is -2.60. The Hall–Kier alpha value is -1.05. The Balaban J connectivity index is 1.74. The molecule has 0 aromatic heterocycles. The molecule has 0 radical (unpaired) electrons. The number of rotatable bonds is 2. The van der Waals surface area contributed by atoms with Crippen molar-refractivity contribution >= 4 is 0 Å². The van der Waals surface area contributed by atoms with Crippen LogP contribution in [-0.4, -0.2) is 49.6 Å². The first-order valence-electron chi connectivity index (χ1n) is 6.53. The summed E-state index contributed by atoms with van der Waals surface area (Å²) in [6.07, 6.45) is -5.96. The summed E-state index contributed by atoms with van der Waals surface area (Å²) in [6.45, 7) is 0.216. The zero-order valence-corrected chi connectivity index (χ0v) is 11.0. The summed E-state index contributed by atoms with van der Waals surface area (Å²) >= 11 is 0. The van der Waals surface area contributed by atoms with Crippen molar-refractivity contribution in [1.29, 1.82) is 0 Å². The van der Waals surface area contributed by atoms with Gasteiger partial charge < -0.3 is 24.1 Å². The summed E-state index contributed by atoms with van der Waals surface area (Å²) in [5.41, 5.74) is 0.822. The SMILES string of the molecule is CO[C@@H]1O[C@@H]2COC(c3ccccc3)O[C@H]2[C@H](O)[C@H]1F. The van der Waals surface area contributed by atoms with Gasteiger partial charge in [0.2, 0.25) is 0 Å². The summed E-state index contributed by atoms with van der Waals surface area (Å²) < 4.78 is 35.4. The quantitative estimate of drug-likeness (QED) is 0.883. The fourth-order valence-electron chi connectivity index (χ4n) is 2.52. The maximum Gasteiger partial charge on any atom is 0.191 e. The molecule has 5 nitrogen and oxygen atoms in total. The molecule has 1 N–H and O–H groups in total. The number of ether oxygens (including phenoxy) is 4. The Morgan fingerprint density at radius 3 is 2.70 bits per heavy atom. The molecule has 0 spiro atoms. The van der Waals surface area contributed by atoms with Gasteiger partial charge in [0.25, 0.3) is 0 Å². The molecule has 2 heterocycles. The summed E-state index contributed by atoms with van der Waals surface area (Å²) in [5, 5.41) is 10.0. The molecule has 0 bridgehead atoms. The Morgan fingerprint density at radius 1 is 1.25 bits per heavy atom. The van der Waals surface area contributed by atoms with E-state index in [4.69, 9.17) is 18.9 Å². The van der Waals surface area contributed by atoms with Gasteiger partial charge in [-0.25, -0.2) is 4.39 Å². The number of benzene rings is 1. The smallest absolute Gasteiger partial charge is 0.191 e. The van der Waals surface area contributed by atoms with Crippen molar-refractivity contribution in [3.05, 3.63) is 35.9 Å². The van der Waals surface area contributed by atoms with Crippen molar-refractivity contribution < 1.29 is 28.4 Å². The highest BCUT2D eigenvalue weighted by Gasteiger charge is 2.49. The zero-order chi connectivity index (χ0) is 14.1. The third kappa shape index (κ3) is 2.45. The monoisotopic (exact) mass is 284 g/mol. The van der Waals surface area contributed by atoms with E-state index in [0.717, 1.165) is 5.56 Å². The number of alkyl halides is 1. The van der Waals surface area contributed by atoms with Crippen LogP contribution < -0.4 is 0 Å². The van der Waals surface area contributed by atoms with Gasteiger partial charge in [-0.15, -0.1) is 0 Å². The normalized spacial score (nSPS) is 41.1. The highest BCUT2D eigenvalue weighted by Crippen LogP contribution is 2.34. The molecule has 2 fully saturated rings. The minimum atomic E-state index is -1.64. The Morgan fingerprint density at radius 2 is 2.00 bits per heavy atom. The van der Waals surface area contributed by atoms with Crippen LogP contribution in [0.3, 0.4) is 0 Å². The fourth-order valence-corrected chi connectivity index (χ4v) is 2.52. The highest BCUT2D eigenvalue weighted by molar-refractivity contribution is 5.16. The van der Waals surface area contributed by atoms with Crippen molar-refractivity contribution in [2.45, 2.75) is 37.1 Å². The van der Waals surface area contributed by atoms with Gasteiger partial charge in [0, 0.05) is 12.7 Å². The summed E-state index contributed by atoms with van der Waals surface area (Å²) in [6, 6.07) is 9.31. The van der Waals surface area contributed by atoms with Crippen molar-refractivity contribution in [3.8, 4) is 0 Å². The van der Waals surface area contributed by atoms with Crippen molar-refractivity contribution in [3.63, 3.8) is 0 Å². The van der Waals surface area contributed by atoms with E-state index in [9.17, 15) is 9.50 Å². The van der Waals surface area contributed by atoms with Gasteiger partial charge in [-0.3, -0.25) is 0 Å². The second kappa shape index (κ2) is 5.75. The average Bonchev–Trinajstić information content (AvgIpc) is 2.51. The fraction of sp³-hybridized carbons (Fsp3) is 0.571. The number of fused-ring (bicyclic) bond motifs is 1. The van der Waals surface area contributed by atoms with Crippen LogP contribution in [0.1, 0.15) is 11.9 Å². The van der Waals surface area contributed by atoms with E-state index >= 15 is 0 Å². The van der Waals surface area contributed by atoms with Gasteiger partial charge in [-0.05, 0) is 0 Å². The van der Waals surface area contributed by atoms with E-state index in [0.29, 0.717) is 0 Å².